The van der Waals surface area contributed by atoms with Crippen molar-refractivity contribution in [2.75, 3.05) is 18.0 Å². The Kier molecular flexibility index (Phi) is 3.16. The van der Waals surface area contributed by atoms with Gasteiger partial charge in [-0.05, 0) is 19.8 Å². The molecule has 0 unspecified atom stereocenters. The molecule has 3 rings (SSSR count). The second kappa shape index (κ2) is 4.80. The summed E-state index contributed by atoms with van der Waals surface area (Å²) in [5.74, 6) is 0.981. The number of nitrogens with zero attached hydrogens (tertiary/aromatic N) is 3. The Morgan fingerprint density at radius 3 is 2.56 bits per heavy atom. The standard InChI is InChI=1S/C13H17N4S/c1-9-10-11(13(18)15-8-14-10)16-12(9)17-6-4-2-3-5-7-17/h8,18H,1-7H2,(H,14,15). The molecular formula is C13H17N4S. The Balaban J connectivity index is 2.03. The summed E-state index contributed by atoms with van der Waals surface area (Å²) < 4.78 is 0. The second-order valence-corrected chi connectivity index (χ2v) is 5.21. The number of hydrogen-bond donors (Lipinski definition) is 2. The molecule has 1 fully saturated rings. The van der Waals surface area contributed by atoms with Crippen molar-refractivity contribution in [1.82, 2.24) is 15.0 Å². The third kappa shape index (κ3) is 1.96. The first-order chi connectivity index (χ1) is 8.77. The number of fused-ring (bicyclic) bond motifs is 1. The van der Waals surface area contributed by atoms with Crippen LogP contribution in [-0.2, 0) is 0 Å². The molecule has 95 valence electrons. The second-order valence-electron chi connectivity index (χ2n) is 4.76. The van der Waals surface area contributed by atoms with Gasteiger partial charge in [-0.3, -0.25) is 0 Å². The van der Waals surface area contributed by atoms with Gasteiger partial charge in [0.25, 0.3) is 0 Å². The predicted molar refractivity (Wildman–Crippen MR) is 75.4 cm³/mol. The van der Waals surface area contributed by atoms with Crippen molar-refractivity contribution < 1.29 is 0 Å². The molecule has 1 N–H and O–H groups in total. The lowest BCUT2D eigenvalue weighted by Crippen LogP contribution is -2.24. The maximum Gasteiger partial charge on any atom is 0.134 e. The van der Waals surface area contributed by atoms with Crippen LogP contribution >= 0.6 is 12.6 Å². The first kappa shape index (κ1) is 11.8. The van der Waals surface area contributed by atoms with E-state index in [9.17, 15) is 0 Å². The number of aromatic amines is 1. The molecule has 0 aromatic carbocycles. The molecule has 5 heteroatoms. The van der Waals surface area contributed by atoms with Crippen LogP contribution in [0.4, 0.5) is 5.82 Å². The number of thiol groups is 1. The van der Waals surface area contributed by atoms with Crippen molar-refractivity contribution in [3.8, 4) is 11.4 Å². The van der Waals surface area contributed by atoms with E-state index in [4.69, 9.17) is 0 Å². The molecule has 0 aliphatic carbocycles. The van der Waals surface area contributed by atoms with Gasteiger partial charge in [-0.25, -0.2) is 9.97 Å². The fourth-order valence-electron chi connectivity index (χ4n) is 2.55. The van der Waals surface area contributed by atoms with E-state index >= 15 is 0 Å². The van der Waals surface area contributed by atoms with Crippen LogP contribution in [0.1, 0.15) is 31.2 Å². The van der Waals surface area contributed by atoms with E-state index in [-0.39, 0.29) is 0 Å². The summed E-state index contributed by atoms with van der Waals surface area (Å²) in [7, 11) is 0. The van der Waals surface area contributed by atoms with Crippen LogP contribution in [0, 0.1) is 6.92 Å². The van der Waals surface area contributed by atoms with Gasteiger partial charge >= 0.3 is 0 Å². The molecule has 0 aromatic heterocycles. The van der Waals surface area contributed by atoms with E-state index in [1.54, 1.807) is 6.33 Å². The quantitative estimate of drug-likeness (QED) is 0.613. The smallest absolute Gasteiger partial charge is 0.134 e. The maximum absolute atomic E-state index is 4.67. The van der Waals surface area contributed by atoms with Gasteiger partial charge < -0.3 is 9.88 Å². The summed E-state index contributed by atoms with van der Waals surface area (Å²) >= 11 is 4.39. The number of nitrogens with one attached hydrogen (secondary N) is 1. The van der Waals surface area contributed by atoms with E-state index in [0.717, 1.165) is 40.9 Å². The Labute approximate surface area is 113 Å². The lowest BCUT2D eigenvalue weighted by Gasteiger charge is -2.20. The zero-order valence-corrected chi connectivity index (χ0v) is 11.2. The summed E-state index contributed by atoms with van der Waals surface area (Å²) in [4.78, 5) is 14.3. The first-order valence-corrected chi connectivity index (χ1v) is 6.85. The molecular weight excluding hydrogens is 244 g/mol. The van der Waals surface area contributed by atoms with Crippen LogP contribution in [0.2, 0.25) is 0 Å². The molecule has 1 saturated heterocycles. The third-order valence-corrected chi connectivity index (χ3v) is 3.86. The zero-order chi connectivity index (χ0) is 12.5. The molecule has 0 aromatic rings. The maximum atomic E-state index is 4.67. The lowest BCUT2D eigenvalue weighted by molar-refractivity contribution is 0.726. The van der Waals surface area contributed by atoms with E-state index in [0.29, 0.717) is 0 Å². The van der Waals surface area contributed by atoms with E-state index < -0.39 is 0 Å². The monoisotopic (exact) mass is 261 g/mol. The van der Waals surface area contributed by atoms with Gasteiger partial charge in [-0.15, -0.1) is 12.6 Å². The Morgan fingerprint density at radius 2 is 1.89 bits per heavy atom. The molecule has 3 aliphatic heterocycles. The molecule has 18 heavy (non-hydrogen) atoms. The van der Waals surface area contributed by atoms with Crippen molar-refractivity contribution in [2.24, 2.45) is 0 Å². The summed E-state index contributed by atoms with van der Waals surface area (Å²) in [5, 5.41) is 0.756. The normalized spacial score (nSPS) is 17.1. The topological polar surface area (TPSA) is 44.8 Å². The van der Waals surface area contributed by atoms with Crippen LogP contribution in [-0.4, -0.2) is 28.0 Å². The van der Waals surface area contributed by atoms with Gasteiger partial charge in [0.2, 0.25) is 0 Å². The highest BCUT2D eigenvalue weighted by Crippen LogP contribution is 2.34. The van der Waals surface area contributed by atoms with E-state index in [2.05, 4.69) is 39.4 Å². The summed E-state index contributed by atoms with van der Waals surface area (Å²) in [6.45, 7) is 6.27. The van der Waals surface area contributed by atoms with Crippen LogP contribution in [0.3, 0.4) is 0 Å². The molecule has 0 amide bonds. The summed E-state index contributed by atoms with van der Waals surface area (Å²) in [5.41, 5.74) is 2.61. The minimum Gasteiger partial charge on any atom is -0.356 e. The fourth-order valence-corrected chi connectivity index (χ4v) is 2.76. The van der Waals surface area contributed by atoms with E-state index in [1.165, 1.54) is 25.7 Å². The molecule has 3 aliphatic rings. The summed E-state index contributed by atoms with van der Waals surface area (Å²) in [6.07, 6.45) is 6.74. The lowest BCUT2D eigenvalue weighted by atomic mass is 10.2. The molecule has 4 nitrogen and oxygen atoms in total. The number of rotatable bonds is 1. The molecule has 3 heterocycles. The van der Waals surface area contributed by atoms with Gasteiger partial charge in [0, 0.05) is 18.7 Å². The van der Waals surface area contributed by atoms with Gasteiger partial charge in [0.1, 0.15) is 17.2 Å². The third-order valence-electron chi connectivity index (χ3n) is 3.52. The van der Waals surface area contributed by atoms with Crippen LogP contribution < -0.4 is 4.90 Å². The minimum absolute atomic E-state index is 0.756. The number of aromatic nitrogens is 3. The fraction of sp³-hybridized carbons (Fsp3) is 0.462. The van der Waals surface area contributed by atoms with Crippen molar-refractivity contribution >= 4 is 18.4 Å². The van der Waals surface area contributed by atoms with Gasteiger partial charge in [-0.1, -0.05) is 12.8 Å². The number of H-pyrrole nitrogens is 1. The van der Waals surface area contributed by atoms with Crippen LogP contribution in [0.15, 0.2) is 11.4 Å². The molecule has 1 radical (unpaired) electrons. The molecule has 0 saturated carbocycles. The Bertz CT molecular complexity index is 514. The van der Waals surface area contributed by atoms with E-state index in [1.807, 2.05) is 0 Å². The Morgan fingerprint density at radius 1 is 1.17 bits per heavy atom. The van der Waals surface area contributed by atoms with Crippen molar-refractivity contribution in [2.45, 2.75) is 30.7 Å². The number of hydrogen-bond acceptors (Lipinski definition) is 4. The first-order valence-electron chi connectivity index (χ1n) is 6.40. The molecule has 0 atom stereocenters. The largest absolute Gasteiger partial charge is 0.356 e. The number of anilines is 1. The van der Waals surface area contributed by atoms with Crippen molar-refractivity contribution in [3.05, 3.63) is 18.8 Å². The zero-order valence-electron chi connectivity index (χ0n) is 10.3. The highest BCUT2D eigenvalue weighted by molar-refractivity contribution is 7.80. The summed E-state index contributed by atoms with van der Waals surface area (Å²) in [6, 6.07) is 0. The molecule has 0 spiro atoms. The average molecular weight is 261 g/mol. The average Bonchev–Trinajstić information content (AvgIpc) is 2.57. The van der Waals surface area contributed by atoms with Crippen LogP contribution in [0.5, 0.6) is 0 Å². The van der Waals surface area contributed by atoms with Gasteiger partial charge in [-0.2, -0.15) is 0 Å². The highest BCUT2D eigenvalue weighted by atomic mass is 32.1. The van der Waals surface area contributed by atoms with Gasteiger partial charge in [0.15, 0.2) is 0 Å². The predicted octanol–water partition coefficient (Wildman–Crippen LogP) is 2.76. The highest BCUT2D eigenvalue weighted by Gasteiger charge is 2.22. The minimum atomic E-state index is 0.756. The van der Waals surface area contributed by atoms with Crippen molar-refractivity contribution in [1.29, 1.82) is 0 Å². The SMILES string of the molecule is [CH2]c1c2nc[nH]c(S)c-2nc1N1CCCCCC1. The molecule has 0 bridgehead atoms. The Hall–Kier alpha value is -1.23. The van der Waals surface area contributed by atoms with Crippen molar-refractivity contribution in [3.63, 3.8) is 0 Å². The van der Waals surface area contributed by atoms with Gasteiger partial charge in [0.05, 0.1) is 11.4 Å². The van der Waals surface area contributed by atoms with Crippen LogP contribution in [0.25, 0.3) is 11.4 Å².